The molecule has 2 aromatic carbocycles. The van der Waals surface area contributed by atoms with Crippen LogP contribution < -0.4 is 20.1 Å². The monoisotopic (exact) mass is 414 g/mol. The van der Waals surface area contributed by atoms with E-state index in [4.69, 9.17) is 9.47 Å². The van der Waals surface area contributed by atoms with Gasteiger partial charge in [-0.2, -0.15) is 18.2 Å². The van der Waals surface area contributed by atoms with Crippen molar-refractivity contribution in [2.45, 2.75) is 25.4 Å². The van der Waals surface area contributed by atoms with Crippen LogP contribution in [0.15, 0.2) is 42.6 Å². The van der Waals surface area contributed by atoms with E-state index < -0.39 is 11.7 Å². The van der Waals surface area contributed by atoms with E-state index in [9.17, 15) is 13.2 Å². The molecule has 1 aromatic heterocycles. The van der Waals surface area contributed by atoms with Crippen LogP contribution in [-0.4, -0.2) is 16.8 Å². The molecule has 0 atom stereocenters. The van der Waals surface area contributed by atoms with E-state index in [1.165, 1.54) is 11.1 Å². The zero-order valence-electron chi connectivity index (χ0n) is 15.7. The second-order valence-corrected chi connectivity index (χ2v) is 7.11. The molecule has 0 unspecified atom stereocenters. The Labute approximate surface area is 170 Å². The maximum atomic E-state index is 13.5. The van der Waals surface area contributed by atoms with Gasteiger partial charge in [0, 0.05) is 23.6 Å². The third-order valence-corrected chi connectivity index (χ3v) is 5.08. The number of ether oxygens (including phenoxy) is 2. The summed E-state index contributed by atoms with van der Waals surface area (Å²) < 4.78 is 51.0. The van der Waals surface area contributed by atoms with Crippen molar-refractivity contribution in [3.05, 3.63) is 59.3 Å². The number of aromatic nitrogens is 2. The highest BCUT2D eigenvalue weighted by molar-refractivity contribution is 5.66. The molecule has 9 heteroatoms. The summed E-state index contributed by atoms with van der Waals surface area (Å²) in [6.45, 7) is 0.0783. The Balaban J connectivity index is 1.45. The van der Waals surface area contributed by atoms with Crippen LogP contribution in [0.1, 0.15) is 23.1 Å². The molecule has 2 N–H and O–H groups in total. The van der Waals surface area contributed by atoms with Crippen molar-refractivity contribution in [3.8, 4) is 11.5 Å². The number of rotatable bonds is 4. The van der Waals surface area contributed by atoms with Crippen LogP contribution in [0.5, 0.6) is 11.5 Å². The van der Waals surface area contributed by atoms with Crippen LogP contribution in [0.4, 0.5) is 36.3 Å². The Kier molecular flexibility index (Phi) is 4.38. The zero-order valence-corrected chi connectivity index (χ0v) is 15.7. The molecular weight excluding hydrogens is 397 g/mol. The van der Waals surface area contributed by atoms with Crippen molar-refractivity contribution in [2.75, 3.05) is 17.4 Å². The van der Waals surface area contributed by atoms with Gasteiger partial charge < -0.3 is 20.1 Å². The topological polar surface area (TPSA) is 68.3 Å². The van der Waals surface area contributed by atoms with Crippen LogP contribution in [0.3, 0.4) is 0 Å². The minimum absolute atomic E-state index is 0.0733. The van der Waals surface area contributed by atoms with E-state index in [0.717, 1.165) is 31.1 Å². The van der Waals surface area contributed by atoms with Crippen molar-refractivity contribution in [3.63, 3.8) is 0 Å². The first-order chi connectivity index (χ1) is 14.5. The third-order valence-electron chi connectivity index (χ3n) is 5.08. The number of nitrogens with zero attached hydrogens (tertiary/aromatic N) is 2. The fourth-order valence-electron chi connectivity index (χ4n) is 3.63. The molecule has 154 valence electrons. The van der Waals surface area contributed by atoms with Crippen LogP contribution in [0.25, 0.3) is 0 Å². The molecule has 6 nitrogen and oxygen atoms in total. The highest BCUT2D eigenvalue weighted by Crippen LogP contribution is 2.38. The van der Waals surface area contributed by atoms with E-state index in [0.29, 0.717) is 17.2 Å². The lowest BCUT2D eigenvalue weighted by atomic mass is 10.1. The largest absolute Gasteiger partial charge is 0.454 e. The third kappa shape index (κ3) is 3.58. The van der Waals surface area contributed by atoms with Gasteiger partial charge in [0.1, 0.15) is 11.4 Å². The molecule has 2 heterocycles. The van der Waals surface area contributed by atoms with Crippen molar-refractivity contribution in [2.24, 2.45) is 0 Å². The first-order valence-electron chi connectivity index (χ1n) is 9.45. The quantitative estimate of drug-likeness (QED) is 0.612. The minimum Gasteiger partial charge on any atom is -0.454 e. The molecule has 0 saturated heterocycles. The molecule has 0 amide bonds. The summed E-state index contributed by atoms with van der Waals surface area (Å²) in [7, 11) is 0. The highest BCUT2D eigenvalue weighted by atomic mass is 19.4. The predicted molar refractivity (Wildman–Crippen MR) is 105 cm³/mol. The van der Waals surface area contributed by atoms with E-state index in [2.05, 4.69) is 20.6 Å². The Hall–Kier alpha value is -3.49. The van der Waals surface area contributed by atoms with Gasteiger partial charge in [-0.1, -0.05) is 6.07 Å². The number of aryl methyl sites for hydroxylation is 2. The second kappa shape index (κ2) is 7.08. The summed E-state index contributed by atoms with van der Waals surface area (Å²) in [5.74, 6) is 0.724. The molecule has 0 fully saturated rings. The van der Waals surface area contributed by atoms with E-state index in [-0.39, 0.29) is 18.6 Å². The Morgan fingerprint density at radius 2 is 1.63 bits per heavy atom. The Morgan fingerprint density at radius 1 is 0.867 bits per heavy atom. The molecular formula is C21H17F3N4O2. The summed E-state index contributed by atoms with van der Waals surface area (Å²) >= 11 is 0. The lowest BCUT2D eigenvalue weighted by Crippen LogP contribution is -2.12. The molecule has 0 saturated carbocycles. The zero-order chi connectivity index (χ0) is 20.7. The summed E-state index contributed by atoms with van der Waals surface area (Å²) in [6.07, 6.45) is -0.673. The van der Waals surface area contributed by atoms with Gasteiger partial charge in [-0.25, -0.2) is 4.98 Å². The second-order valence-electron chi connectivity index (χ2n) is 7.11. The fraction of sp³-hybridized carbons (Fsp3) is 0.238. The van der Waals surface area contributed by atoms with Gasteiger partial charge >= 0.3 is 6.18 Å². The van der Waals surface area contributed by atoms with Gasteiger partial charge in [-0.05, 0) is 54.7 Å². The number of halogens is 3. The smallest absolute Gasteiger partial charge is 0.421 e. The maximum Gasteiger partial charge on any atom is 0.421 e. The number of fused-ring (bicyclic) bond motifs is 2. The van der Waals surface area contributed by atoms with Gasteiger partial charge in [-0.15, -0.1) is 0 Å². The molecule has 5 rings (SSSR count). The normalized spacial score (nSPS) is 14.5. The van der Waals surface area contributed by atoms with Gasteiger partial charge in [0.2, 0.25) is 12.7 Å². The summed E-state index contributed by atoms with van der Waals surface area (Å²) in [6, 6.07) is 10.7. The van der Waals surface area contributed by atoms with Crippen LogP contribution in [0.2, 0.25) is 0 Å². The van der Waals surface area contributed by atoms with E-state index >= 15 is 0 Å². The molecule has 0 bridgehead atoms. The molecule has 1 aliphatic carbocycles. The van der Waals surface area contributed by atoms with Crippen molar-refractivity contribution < 1.29 is 22.6 Å². The average Bonchev–Trinajstić information content (AvgIpc) is 3.35. The number of hydrogen-bond acceptors (Lipinski definition) is 6. The highest BCUT2D eigenvalue weighted by Gasteiger charge is 2.35. The first kappa shape index (κ1) is 18.5. The van der Waals surface area contributed by atoms with Crippen molar-refractivity contribution >= 4 is 23.1 Å². The van der Waals surface area contributed by atoms with Gasteiger partial charge in [0.15, 0.2) is 11.5 Å². The Bertz CT molecular complexity index is 1120. The number of anilines is 4. The average molecular weight is 414 g/mol. The molecule has 3 aromatic rings. The lowest BCUT2D eigenvalue weighted by molar-refractivity contribution is -0.137. The molecule has 0 spiro atoms. The SMILES string of the molecule is FC(F)(F)c1cnc(Nc2ccc3c(c2)CCC3)nc1Nc1ccc2c(c1)OCO2. The molecule has 30 heavy (non-hydrogen) atoms. The number of hydrogen-bond donors (Lipinski definition) is 2. The predicted octanol–water partition coefficient (Wildman–Crippen LogP) is 5.20. The van der Waals surface area contributed by atoms with Gasteiger partial charge in [-0.3, -0.25) is 0 Å². The van der Waals surface area contributed by atoms with Gasteiger partial charge in [0.25, 0.3) is 0 Å². The molecule has 1 aliphatic heterocycles. The van der Waals surface area contributed by atoms with Crippen LogP contribution >= 0.6 is 0 Å². The number of nitrogens with one attached hydrogen (secondary N) is 2. The molecule has 0 radical (unpaired) electrons. The van der Waals surface area contributed by atoms with Crippen molar-refractivity contribution in [1.29, 1.82) is 0 Å². The Morgan fingerprint density at radius 3 is 2.50 bits per heavy atom. The fourth-order valence-corrected chi connectivity index (χ4v) is 3.63. The van der Waals surface area contributed by atoms with Crippen LogP contribution in [0, 0.1) is 0 Å². The number of alkyl halides is 3. The van der Waals surface area contributed by atoms with E-state index in [1.807, 2.05) is 18.2 Å². The minimum atomic E-state index is -4.61. The van der Waals surface area contributed by atoms with Crippen LogP contribution in [-0.2, 0) is 19.0 Å². The number of benzene rings is 2. The standard InChI is InChI=1S/C21H17F3N4O2/c22-21(23,24)16-10-25-20(27-14-5-4-12-2-1-3-13(12)8-14)28-19(16)26-15-6-7-17-18(9-15)30-11-29-17/h4-10H,1-3,11H2,(H2,25,26,27,28). The molecule has 2 aliphatic rings. The lowest BCUT2D eigenvalue weighted by Gasteiger charge is -2.15. The summed E-state index contributed by atoms with van der Waals surface area (Å²) in [5, 5.41) is 5.74. The van der Waals surface area contributed by atoms with Crippen molar-refractivity contribution in [1.82, 2.24) is 9.97 Å². The van der Waals surface area contributed by atoms with Gasteiger partial charge in [0.05, 0.1) is 0 Å². The van der Waals surface area contributed by atoms with E-state index in [1.54, 1.807) is 18.2 Å². The summed E-state index contributed by atoms with van der Waals surface area (Å²) in [4.78, 5) is 7.96. The summed E-state index contributed by atoms with van der Waals surface area (Å²) in [5.41, 5.74) is 2.72. The first-order valence-corrected chi connectivity index (χ1v) is 9.45. The maximum absolute atomic E-state index is 13.5.